The van der Waals surface area contributed by atoms with Gasteiger partial charge in [0.15, 0.2) is 0 Å². The van der Waals surface area contributed by atoms with Crippen LogP contribution in [0.25, 0.3) is 0 Å². The number of nitrogens with one attached hydrogen (secondary N) is 1. The van der Waals surface area contributed by atoms with Crippen molar-refractivity contribution < 1.29 is 9.59 Å². The molecule has 0 bridgehead atoms. The Kier molecular flexibility index (Phi) is 5.77. The third-order valence-electron chi connectivity index (χ3n) is 4.10. The van der Waals surface area contributed by atoms with Crippen molar-refractivity contribution in [2.75, 3.05) is 31.6 Å². The molecule has 120 valence electrons. The Labute approximate surface area is 131 Å². The number of hydrogen-bond acceptors (Lipinski definition) is 4. The number of imide groups is 1. The molecule has 3 N–H and O–H groups in total. The van der Waals surface area contributed by atoms with Gasteiger partial charge in [-0.15, -0.1) is 0 Å². The summed E-state index contributed by atoms with van der Waals surface area (Å²) in [5, 5.41) is 2.10. The predicted molar refractivity (Wildman–Crippen MR) is 86.7 cm³/mol. The molecule has 1 aliphatic rings. The van der Waals surface area contributed by atoms with Gasteiger partial charge in [0.1, 0.15) is 0 Å². The quantitative estimate of drug-likeness (QED) is 0.856. The summed E-state index contributed by atoms with van der Waals surface area (Å²) in [7, 11) is 2.02. The maximum Gasteiger partial charge on any atom is 0.318 e. The number of rotatable bonds is 5. The third-order valence-corrected chi connectivity index (χ3v) is 4.10. The standard InChI is InChI=1S/C16H24N4O2/c1-19(11-9-15(21)18-16(17)22)14-8-5-10-20(12-14)13-6-3-2-4-7-13/h2-4,6-7,14H,5,8-12H2,1H3,(H3,17,18,21,22)/t14-/m0/s1. The van der Waals surface area contributed by atoms with Crippen LogP contribution in [0, 0.1) is 0 Å². The topological polar surface area (TPSA) is 78.7 Å². The van der Waals surface area contributed by atoms with Gasteiger partial charge in [-0.25, -0.2) is 4.79 Å². The highest BCUT2D eigenvalue weighted by Crippen LogP contribution is 2.21. The zero-order valence-corrected chi connectivity index (χ0v) is 13.0. The van der Waals surface area contributed by atoms with Gasteiger partial charge in [0, 0.05) is 37.8 Å². The molecule has 0 aliphatic carbocycles. The Morgan fingerprint density at radius 1 is 1.36 bits per heavy atom. The molecule has 0 unspecified atom stereocenters. The van der Waals surface area contributed by atoms with Crippen LogP contribution in [-0.2, 0) is 4.79 Å². The summed E-state index contributed by atoms with van der Waals surface area (Å²) < 4.78 is 0. The van der Waals surface area contributed by atoms with Crippen molar-refractivity contribution in [3.05, 3.63) is 30.3 Å². The van der Waals surface area contributed by atoms with Crippen molar-refractivity contribution in [3.63, 3.8) is 0 Å². The summed E-state index contributed by atoms with van der Waals surface area (Å²) in [4.78, 5) is 26.7. The minimum atomic E-state index is -0.791. The monoisotopic (exact) mass is 304 g/mol. The maximum absolute atomic E-state index is 11.5. The molecule has 0 spiro atoms. The zero-order valence-electron chi connectivity index (χ0n) is 13.0. The van der Waals surface area contributed by atoms with E-state index in [1.165, 1.54) is 5.69 Å². The summed E-state index contributed by atoms with van der Waals surface area (Å²) in [6.45, 7) is 2.64. The van der Waals surface area contributed by atoms with Crippen LogP contribution < -0.4 is 16.0 Å². The van der Waals surface area contributed by atoms with Crippen LogP contribution in [0.1, 0.15) is 19.3 Å². The summed E-state index contributed by atoms with van der Waals surface area (Å²) >= 11 is 0. The highest BCUT2D eigenvalue weighted by molar-refractivity contribution is 5.93. The normalized spacial score (nSPS) is 18.3. The molecule has 6 nitrogen and oxygen atoms in total. The van der Waals surface area contributed by atoms with Crippen molar-refractivity contribution in [2.45, 2.75) is 25.3 Å². The molecule has 1 atom stereocenters. The number of urea groups is 1. The summed E-state index contributed by atoms with van der Waals surface area (Å²) in [6, 6.07) is 10.0. The van der Waals surface area contributed by atoms with Gasteiger partial charge in [-0.1, -0.05) is 18.2 Å². The molecule has 6 heteroatoms. The fourth-order valence-corrected chi connectivity index (χ4v) is 2.85. The van der Waals surface area contributed by atoms with Gasteiger partial charge in [0.2, 0.25) is 5.91 Å². The number of carbonyl (C=O) groups excluding carboxylic acids is 2. The van der Waals surface area contributed by atoms with E-state index in [0.29, 0.717) is 12.6 Å². The second-order valence-corrected chi connectivity index (χ2v) is 5.72. The SMILES string of the molecule is CN(CCC(=O)NC(N)=O)[C@H]1CCCN(c2ccccc2)C1. The van der Waals surface area contributed by atoms with Crippen molar-refractivity contribution in [1.82, 2.24) is 10.2 Å². The van der Waals surface area contributed by atoms with E-state index < -0.39 is 6.03 Å². The number of nitrogens with zero attached hydrogens (tertiary/aromatic N) is 2. The maximum atomic E-state index is 11.5. The molecule has 1 aliphatic heterocycles. The lowest BCUT2D eigenvalue weighted by atomic mass is 10.0. The first-order valence-corrected chi connectivity index (χ1v) is 7.66. The number of amides is 3. The van der Waals surface area contributed by atoms with Crippen molar-refractivity contribution in [1.29, 1.82) is 0 Å². The fourth-order valence-electron chi connectivity index (χ4n) is 2.85. The molecular weight excluding hydrogens is 280 g/mol. The molecule has 1 aromatic carbocycles. The smallest absolute Gasteiger partial charge is 0.318 e. The van der Waals surface area contributed by atoms with E-state index in [1.54, 1.807) is 0 Å². The van der Waals surface area contributed by atoms with Crippen LogP contribution in [0.15, 0.2) is 30.3 Å². The average molecular weight is 304 g/mol. The molecule has 3 amide bonds. The second kappa shape index (κ2) is 7.79. The molecule has 1 saturated heterocycles. The first-order valence-electron chi connectivity index (χ1n) is 7.66. The lowest BCUT2D eigenvalue weighted by molar-refractivity contribution is -0.120. The Morgan fingerprint density at radius 2 is 2.09 bits per heavy atom. The number of piperidine rings is 1. The highest BCUT2D eigenvalue weighted by Gasteiger charge is 2.23. The van der Waals surface area contributed by atoms with Crippen LogP contribution in [0.2, 0.25) is 0 Å². The van der Waals surface area contributed by atoms with E-state index in [4.69, 9.17) is 5.73 Å². The van der Waals surface area contributed by atoms with Gasteiger partial charge in [-0.05, 0) is 32.0 Å². The first-order chi connectivity index (χ1) is 10.6. The van der Waals surface area contributed by atoms with Crippen LogP contribution in [0.3, 0.4) is 0 Å². The Morgan fingerprint density at radius 3 is 2.77 bits per heavy atom. The molecule has 1 heterocycles. The number of primary amides is 1. The van der Waals surface area contributed by atoms with Crippen LogP contribution in [0.4, 0.5) is 10.5 Å². The lowest BCUT2D eigenvalue weighted by Gasteiger charge is -2.38. The molecule has 0 saturated carbocycles. The number of nitrogens with two attached hydrogens (primary N) is 1. The molecule has 1 aromatic rings. The largest absolute Gasteiger partial charge is 0.370 e. The number of carbonyl (C=O) groups is 2. The number of anilines is 1. The highest BCUT2D eigenvalue weighted by atomic mass is 16.2. The Bertz CT molecular complexity index is 506. The Hall–Kier alpha value is -2.08. The van der Waals surface area contributed by atoms with Crippen LogP contribution >= 0.6 is 0 Å². The zero-order chi connectivity index (χ0) is 15.9. The van der Waals surface area contributed by atoms with Crippen molar-refractivity contribution in [3.8, 4) is 0 Å². The number of para-hydroxylation sites is 1. The van der Waals surface area contributed by atoms with Gasteiger partial charge >= 0.3 is 6.03 Å². The summed E-state index contributed by atoms with van der Waals surface area (Å²) in [5.41, 5.74) is 6.18. The lowest BCUT2D eigenvalue weighted by Crippen LogP contribution is -2.47. The van der Waals surface area contributed by atoms with E-state index >= 15 is 0 Å². The van der Waals surface area contributed by atoms with Gasteiger partial charge in [0.05, 0.1) is 0 Å². The first kappa shape index (κ1) is 16.3. The van der Waals surface area contributed by atoms with Crippen LogP contribution in [-0.4, -0.2) is 49.6 Å². The summed E-state index contributed by atoms with van der Waals surface area (Å²) in [5.74, 6) is -0.324. The van der Waals surface area contributed by atoms with E-state index in [1.807, 2.05) is 13.1 Å². The molecule has 2 rings (SSSR count). The van der Waals surface area contributed by atoms with E-state index in [-0.39, 0.29) is 12.3 Å². The Balaban J connectivity index is 1.84. The van der Waals surface area contributed by atoms with Gasteiger partial charge in [-0.3, -0.25) is 10.1 Å². The minimum absolute atomic E-state index is 0.279. The second-order valence-electron chi connectivity index (χ2n) is 5.72. The molecule has 22 heavy (non-hydrogen) atoms. The molecule has 0 radical (unpaired) electrons. The van der Waals surface area contributed by atoms with E-state index in [2.05, 4.69) is 39.4 Å². The van der Waals surface area contributed by atoms with Crippen molar-refractivity contribution in [2.24, 2.45) is 5.73 Å². The predicted octanol–water partition coefficient (Wildman–Crippen LogP) is 1.17. The number of hydrogen-bond donors (Lipinski definition) is 2. The average Bonchev–Trinajstić information content (AvgIpc) is 2.53. The van der Waals surface area contributed by atoms with Crippen molar-refractivity contribution >= 4 is 17.6 Å². The third kappa shape index (κ3) is 4.73. The fraction of sp³-hybridized carbons (Fsp3) is 0.500. The van der Waals surface area contributed by atoms with Gasteiger partial charge in [-0.2, -0.15) is 0 Å². The minimum Gasteiger partial charge on any atom is -0.370 e. The van der Waals surface area contributed by atoms with Gasteiger partial charge in [0.25, 0.3) is 0 Å². The molecular formula is C16H24N4O2. The van der Waals surface area contributed by atoms with E-state index in [9.17, 15) is 9.59 Å². The number of benzene rings is 1. The molecule has 1 fully saturated rings. The van der Waals surface area contributed by atoms with Gasteiger partial charge < -0.3 is 15.5 Å². The van der Waals surface area contributed by atoms with E-state index in [0.717, 1.165) is 25.9 Å². The molecule has 0 aromatic heterocycles. The van der Waals surface area contributed by atoms with Crippen LogP contribution in [0.5, 0.6) is 0 Å². The number of likely N-dealkylation sites (N-methyl/N-ethyl adjacent to an activating group) is 1. The summed E-state index contributed by atoms with van der Waals surface area (Å²) in [6.07, 6.45) is 2.54.